The molecular formula is C30H32N4O6. The summed E-state index contributed by atoms with van der Waals surface area (Å²) in [4.78, 5) is 57.0. The molecule has 1 aliphatic rings. The number of unbranched alkanes of at least 4 members (excludes halogenated alkanes) is 2. The number of carbonyl (C=O) groups is 3. The monoisotopic (exact) mass is 544 g/mol. The second kappa shape index (κ2) is 12.5. The molecule has 2 unspecified atom stereocenters. The fourth-order valence-electron chi connectivity index (χ4n) is 5.25. The van der Waals surface area contributed by atoms with E-state index in [1.54, 1.807) is 31.2 Å². The van der Waals surface area contributed by atoms with E-state index in [2.05, 4.69) is 26.1 Å². The first-order valence-electron chi connectivity index (χ1n) is 13.3. The molecule has 0 radical (unpaired) electrons. The van der Waals surface area contributed by atoms with Crippen molar-refractivity contribution in [3.8, 4) is 12.3 Å². The number of aryl methyl sites for hydroxylation is 2. The van der Waals surface area contributed by atoms with E-state index in [-0.39, 0.29) is 24.4 Å². The summed E-state index contributed by atoms with van der Waals surface area (Å²) in [5.41, 5.74) is 3.74. The molecule has 40 heavy (non-hydrogen) atoms. The van der Waals surface area contributed by atoms with Gasteiger partial charge in [0.05, 0.1) is 23.5 Å². The number of aromatic amines is 1. The van der Waals surface area contributed by atoms with Crippen LogP contribution >= 0.6 is 0 Å². The molecule has 2 aromatic carbocycles. The summed E-state index contributed by atoms with van der Waals surface area (Å²) < 4.78 is 0. The van der Waals surface area contributed by atoms with Gasteiger partial charge in [0.15, 0.2) is 0 Å². The molecule has 10 nitrogen and oxygen atoms in total. The number of nitrogens with zero attached hydrogens (tertiary/aromatic N) is 2. The van der Waals surface area contributed by atoms with E-state index in [0.29, 0.717) is 48.1 Å². The van der Waals surface area contributed by atoms with Gasteiger partial charge in [-0.3, -0.25) is 14.4 Å². The number of carboxylic acid groups (broad SMARTS) is 2. The zero-order valence-electron chi connectivity index (χ0n) is 22.3. The van der Waals surface area contributed by atoms with Crippen molar-refractivity contribution in [2.45, 2.75) is 64.0 Å². The topological polar surface area (TPSA) is 153 Å². The van der Waals surface area contributed by atoms with Gasteiger partial charge in [0.1, 0.15) is 11.9 Å². The average Bonchev–Trinajstić information content (AvgIpc) is 3.32. The lowest BCUT2D eigenvalue weighted by Crippen LogP contribution is -2.40. The van der Waals surface area contributed by atoms with Gasteiger partial charge in [0.25, 0.3) is 11.5 Å². The van der Waals surface area contributed by atoms with E-state index in [4.69, 9.17) is 11.5 Å². The molecule has 208 valence electrons. The lowest BCUT2D eigenvalue weighted by molar-refractivity contribution is -0.140. The predicted molar refractivity (Wildman–Crippen MR) is 150 cm³/mol. The zero-order chi connectivity index (χ0) is 28.8. The second-order valence-electron chi connectivity index (χ2n) is 10.0. The summed E-state index contributed by atoms with van der Waals surface area (Å²) in [5.74, 6) is 0.740. The van der Waals surface area contributed by atoms with Crippen LogP contribution in [0.1, 0.15) is 71.9 Å². The Kier molecular flexibility index (Phi) is 8.84. The number of rotatable bonds is 12. The average molecular weight is 545 g/mol. The Morgan fingerprint density at radius 2 is 1.93 bits per heavy atom. The number of aliphatic carboxylic acids is 2. The number of fused-ring (bicyclic) bond motifs is 2. The number of terminal acetylenes is 1. The smallest absolute Gasteiger partial charge is 0.326 e. The van der Waals surface area contributed by atoms with Crippen molar-refractivity contribution in [2.24, 2.45) is 0 Å². The Bertz CT molecular complexity index is 1520. The maximum Gasteiger partial charge on any atom is 0.326 e. The molecule has 0 spiro atoms. The maximum atomic E-state index is 12.8. The molecule has 1 aromatic heterocycles. The third-order valence-electron chi connectivity index (χ3n) is 7.22. The van der Waals surface area contributed by atoms with E-state index in [9.17, 15) is 24.3 Å². The quantitative estimate of drug-likeness (QED) is 0.199. The van der Waals surface area contributed by atoms with Gasteiger partial charge in [-0.05, 0) is 80.1 Å². The molecule has 3 aromatic rings. The fraction of sp³-hybridized carbons (Fsp3) is 0.367. The van der Waals surface area contributed by atoms with E-state index < -0.39 is 23.9 Å². The normalized spacial score (nSPS) is 14.8. The third-order valence-corrected chi connectivity index (χ3v) is 7.22. The first kappa shape index (κ1) is 28.4. The number of H-pyrrole nitrogens is 1. The van der Waals surface area contributed by atoms with Crippen LogP contribution in [0.5, 0.6) is 0 Å². The van der Waals surface area contributed by atoms with Crippen molar-refractivity contribution >= 4 is 34.4 Å². The molecule has 0 saturated carbocycles. The standard InChI is InChI=1S/C30H32N4O6/c1-3-15-34(26-14-11-20-16-25-23(17-22(20)26)29(38)32-18(2)31-25)21-12-9-19(10-13-21)28(37)33-24(30(39)40)7-5-4-6-8-27(35)36/h1,9-10,12-13,16-17,24,26H,4-8,11,14-15H2,2H3,(H,33,37)(H,35,36)(H,39,40)(H,31,32,38). The highest BCUT2D eigenvalue weighted by atomic mass is 16.4. The highest BCUT2D eigenvalue weighted by Crippen LogP contribution is 2.39. The molecule has 1 amide bonds. The number of benzene rings is 2. The Hall–Kier alpha value is -4.65. The number of carbonyl (C=O) groups excluding carboxylic acids is 1. The molecule has 0 saturated heterocycles. The fourth-order valence-corrected chi connectivity index (χ4v) is 5.25. The molecule has 2 atom stereocenters. The van der Waals surface area contributed by atoms with Crippen LogP contribution in [-0.4, -0.2) is 50.6 Å². The van der Waals surface area contributed by atoms with Crippen molar-refractivity contribution in [3.63, 3.8) is 0 Å². The number of hydrogen-bond donors (Lipinski definition) is 4. The van der Waals surface area contributed by atoms with E-state index in [1.165, 1.54) is 0 Å². The van der Waals surface area contributed by atoms with Crippen LogP contribution in [0.4, 0.5) is 5.69 Å². The predicted octanol–water partition coefficient (Wildman–Crippen LogP) is 3.58. The highest BCUT2D eigenvalue weighted by molar-refractivity contribution is 5.96. The van der Waals surface area contributed by atoms with Gasteiger partial charge in [-0.15, -0.1) is 6.42 Å². The van der Waals surface area contributed by atoms with E-state index in [0.717, 1.165) is 29.7 Å². The van der Waals surface area contributed by atoms with E-state index in [1.807, 2.05) is 12.1 Å². The molecule has 4 N–H and O–H groups in total. The molecule has 1 aliphatic carbocycles. The first-order valence-corrected chi connectivity index (χ1v) is 13.3. The number of nitrogens with one attached hydrogen (secondary N) is 2. The minimum absolute atomic E-state index is 0.0331. The van der Waals surface area contributed by atoms with Crippen LogP contribution in [0.2, 0.25) is 0 Å². The van der Waals surface area contributed by atoms with E-state index >= 15 is 0 Å². The van der Waals surface area contributed by atoms with Gasteiger partial charge in [0.2, 0.25) is 0 Å². The van der Waals surface area contributed by atoms with Crippen molar-refractivity contribution in [1.82, 2.24) is 15.3 Å². The Labute approximate surface area is 231 Å². The summed E-state index contributed by atoms with van der Waals surface area (Å²) in [7, 11) is 0. The zero-order valence-corrected chi connectivity index (χ0v) is 22.3. The minimum atomic E-state index is -1.14. The Morgan fingerprint density at radius 1 is 1.18 bits per heavy atom. The summed E-state index contributed by atoms with van der Waals surface area (Å²) >= 11 is 0. The van der Waals surface area contributed by atoms with Crippen LogP contribution < -0.4 is 15.8 Å². The minimum Gasteiger partial charge on any atom is -0.481 e. The van der Waals surface area contributed by atoms with Gasteiger partial charge in [-0.25, -0.2) is 9.78 Å². The summed E-state index contributed by atoms with van der Waals surface area (Å²) in [6.45, 7) is 2.07. The number of hydrogen-bond acceptors (Lipinski definition) is 6. The number of aromatic nitrogens is 2. The molecule has 0 bridgehead atoms. The Balaban J connectivity index is 1.48. The molecule has 4 rings (SSSR count). The second-order valence-corrected chi connectivity index (χ2v) is 10.0. The molecule has 1 heterocycles. The van der Waals surface area contributed by atoms with Crippen LogP contribution in [0, 0.1) is 19.3 Å². The highest BCUT2D eigenvalue weighted by Gasteiger charge is 2.29. The van der Waals surface area contributed by atoms with Crippen LogP contribution in [0.3, 0.4) is 0 Å². The van der Waals surface area contributed by atoms with Crippen molar-refractivity contribution in [3.05, 3.63) is 69.3 Å². The van der Waals surface area contributed by atoms with Gasteiger partial charge in [-0.1, -0.05) is 18.8 Å². The largest absolute Gasteiger partial charge is 0.481 e. The van der Waals surface area contributed by atoms with Gasteiger partial charge >= 0.3 is 11.9 Å². The van der Waals surface area contributed by atoms with Crippen LogP contribution in [-0.2, 0) is 16.0 Å². The lowest BCUT2D eigenvalue weighted by Gasteiger charge is -2.30. The lowest BCUT2D eigenvalue weighted by atomic mass is 10.0. The molecule has 0 fully saturated rings. The van der Waals surface area contributed by atoms with Crippen LogP contribution in [0.15, 0.2) is 41.2 Å². The number of anilines is 1. The first-order chi connectivity index (χ1) is 19.2. The molecule has 0 aliphatic heterocycles. The van der Waals surface area contributed by atoms with Crippen LogP contribution in [0.25, 0.3) is 10.9 Å². The van der Waals surface area contributed by atoms with Gasteiger partial charge in [0, 0.05) is 17.7 Å². The Morgan fingerprint density at radius 3 is 2.60 bits per heavy atom. The SMILES string of the molecule is C#CCN(c1ccc(C(=O)NC(CCCCCC(=O)O)C(=O)O)cc1)C1CCc2cc3nc(C)[nH]c(=O)c3cc21. The van der Waals surface area contributed by atoms with Crippen molar-refractivity contribution in [1.29, 1.82) is 0 Å². The van der Waals surface area contributed by atoms with Gasteiger partial charge in [-0.2, -0.15) is 0 Å². The number of carboxylic acids is 2. The number of amides is 1. The van der Waals surface area contributed by atoms with Gasteiger partial charge < -0.3 is 25.4 Å². The van der Waals surface area contributed by atoms with Crippen molar-refractivity contribution < 1.29 is 24.6 Å². The summed E-state index contributed by atoms with van der Waals surface area (Å²) in [5, 5.41) is 21.3. The summed E-state index contributed by atoms with van der Waals surface area (Å²) in [6.07, 6.45) is 9.10. The third kappa shape index (κ3) is 6.49. The molecule has 10 heteroatoms. The summed E-state index contributed by atoms with van der Waals surface area (Å²) in [6, 6.07) is 9.57. The maximum absolute atomic E-state index is 12.8. The molecular weight excluding hydrogens is 512 g/mol. The van der Waals surface area contributed by atoms with Crippen molar-refractivity contribution in [2.75, 3.05) is 11.4 Å².